The maximum absolute atomic E-state index is 9.44. The van der Waals surface area contributed by atoms with Crippen molar-refractivity contribution in [1.29, 1.82) is 5.26 Å². The van der Waals surface area contributed by atoms with Crippen LogP contribution in [0.15, 0.2) is 12.5 Å². The second-order valence-electron chi connectivity index (χ2n) is 6.08. The number of imidazole rings is 1. The molecule has 2 aromatic rings. The van der Waals surface area contributed by atoms with Crippen LogP contribution in [0.3, 0.4) is 0 Å². The standard InChI is InChI=1S/C16H17ClN6/c1-2-12-14-11(7-18)20-9-22(14)13-8-19-16(17)21-15(13)23(12)10-5-3-4-6-10/h8-10,12H,2-6H2,1H3. The van der Waals surface area contributed by atoms with Crippen LogP contribution in [-0.4, -0.2) is 25.6 Å². The summed E-state index contributed by atoms with van der Waals surface area (Å²) in [6.45, 7) is 2.14. The Morgan fingerprint density at radius 3 is 2.83 bits per heavy atom. The lowest BCUT2D eigenvalue weighted by Crippen LogP contribution is -2.41. The molecule has 1 unspecified atom stereocenters. The molecule has 1 aliphatic carbocycles. The van der Waals surface area contributed by atoms with E-state index in [4.69, 9.17) is 11.6 Å². The molecule has 0 saturated heterocycles. The van der Waals surface area contributed by atoms with Gasteiger partial charge in [0.25, 0.3) is 0 Å². The van der Waals surface area contributed by atoms with E-state index in [2.05, 4.69) is 32.8 Å². The molecule has 1 aliphatic heterocycles. The van der Waals surface area contributed by atoms with Gasteiger partial charge in [0.05, 0.1) is 17.9 Å². The molecule has 0 N–H and O–H groups in total. The van der Waals surface area contributed by atoms with Crippen LogP contribution < -0.4 is 4.90 Å². The highest BCUT2D eigenvalue weighted by atomic mass is 35.5. The molecule has 1 saturated carbocycles. The van der Waals surface area contributed by atoms with Gasteiger partial charge in [0, 0.05) is 6.04 Å². The summed E-state index contributed by atoms with van der Waals surface area (Å²) < 4.78 is 1.95. The van der Waals surface area contributed by atoms with Gasteiger partial charge in [-0.3, -0.25) is 4.57 Å². The van der Waals surface area contributed by atoms with Crippen molar-refractivity contribution in [2.75, 3.05) is 4.90 Å². The lowest BCUT2D eigenvalue weighted by Gasteiger charge is -2.41. The monoisotopic (exact) mass is 328 g/mol. The number of fused-ring (bicyclic) bond motifs is 3. The van der Waals surface area contributed by atoms with Gasteiger partial charge in [-0.2, -0.15) is 10.2 Å². The minimum atomic E-state index is 0.0914. The van der Waals surface area contributed by atoms with Crippen LogP contribution in [0.4, 0.5) is 5.82 Å². The molecule has 0 bridgehead atoms. The van der Waals surface area contributed by atoms with Crippen LogP contribution in [0.25, 0.3) is 5.69 Å². The SMILES string of the molecule is CCC1c2c(C#N)ncn2-c2cnc(Cl)nc2N1C1CCCC1. The van der Waals surface area contributed by atoms with Gasteiger partial charge in [0.1, 0.15) is 18.1 Å². The number of nitriles is 1. The second-order valence-corrected chi connectivity index (χ2v) is 6.42. The molecule has 0 aromatic carbocycles. The summed E-state index contributed by atoms with van der Waals surface area (Å²) in [7, 11) is 0. The molecular weight excluding hydrogens is 312 g/mol. The predicted molar refractivity (Wildman–Crippen MR) is 86.6 cm³/mol. The van der Waals surface area contributed by atoms with E-state index < -0.39 is 0 Å². The van der Waals surface area contributed by atoms with E-state index in [9.17, 15) is 5.26 Å². The molecular formula is C16H17ClN6. The molecule has 0 radical (unpaired) electrons. The van der Waals surface area contributed by atoms with Gasteiger partial charge in [-0.15, -0.1) is 0 Å². The fourth-order valence-corrected chi connectivity index (χ4v) is 4.07. The Morgan fingerprint density at radius 1 is 1.35 bits per heavy atom. The Balaban J connectivity index is 1.96. The van der Waals surface area contributed by atoms with Gasteiger partial charge in [0.15, 0.2) is 11.5 Å². The highest BCUT2D eigenvalue weighted by Crippen LogP contribution is 2.44. The van der Waals surface area contributed by atoms with Crippen LogP contribution in [0.5, 0.6) is 0 Å². The summed E-state index contributed by atoms with van der Waals surface area (Å²) in [5, 5.41) is 9.70. The maximum atomic E-state index is 9.44. The van der Waals surface area contributed by atoms with Crippen molar-refractivity contribution in [3.8, 4) is 11.8 Å². The quantitative estimate of drug-likeness (QED) is 0.790. The van der Waals surface area contributed by atoms with Crippen LogP contribution in [0, 0.1) is 11.3 Å². The number of nitrogens with zero attached hydrogens (tertiary/aromatic N) is 6. The first kappa shape index (κ1) is 14.5. The van der Waals surface area contributed by atoms with E-state index in [1.807, 2.05) is 4.57 Å². The molecule has 1 atom stereocenters. The number of aromatic nitrogens is 4. The number of hydrogen-bond acceptors (Lipinski definition) is 5. The summed E-state index contributed by atoms with van der Waals surface area (Å²) in [5.74, 6) is 0.859. The smallest absolute Gasteiger partial charge is 0.224 e. The summed E-state index contributed by atoms with van der Waals surface area (Å²) in [4.78, 5) is 15.3. The first-order valence-corrected chi connectivity index (χ1v) is 8.41. The molecule has 2 aliphatic rings. The Kier molecular flexibility index (Phi) is 3.46. The summed E-state index contributed by atoms with van der Waals surface area (Å²) in [6, 6.07) is 2.75. The van der Waals surface area contributed by atoms with Crippen molar-refractivity contribution in [3.05, 3.63) is 29.2 Å². The Labute approximate surface area is 139 Å². The van der Waals surface area contributed by atoms with Gasteiger partial charge in [0.2, 0.25) is 5.28 Å². The van der Waals surface area contributed by atoms with Crippen LogP contribution in [0.2, 0.25) is 5.28 Å². The first-order chi connectivity index (χ1) is 11.2. The van der Waals surface area contributed by atoms with E-state index >= 15 is 0 Å². The summed E-state index contributed by atoms with van der Waals surface area (Å²) in [5.41, 5.74) is 2.29. The molecule has 4 rings (SSSR count). The minimum absolute atomic E-state index is 0.0914. The van der Waals surface area contributed by atoms with Crippen molar-refractivity contribution in [2.45, 2.75) is 51.1 Å². The number of hydrogen-bond donors (Lipinski definition) is 0. The van der Waals surface area contributed by atoms with Gasteiger partial charge < -0.3 is 4.90 Å². The molecule has 2 aromatic heterocycles. The average molecular weight is 329 g/mol. The van der Waals surface area contributed by atoms with Gasteiger partial charge in [-0.05, 0) is 30.9 Å². The van der Waals surface area contributed by atoms with E-state index in [-0.39, 0.29) is 11.3 Å². The lowest BCUT2D eigenvalue weighted by atomic mass is 10.0. The Hall–Kier alpha value is -2.13. The third-order valence-corrected chi connectivity index (χ3v) is 5.07. The summed E-state index contributed by atoms with van der Waals surface area (Å²) >= 11 is 6.07. The molecule has 23 heavy (non-hydrogen) atoms. The molecule has 118 valence electrons. The third kappa shape index (κ3) is 2.11. The minimum Gasteiger partial charge on any atom is -0.343 e. The van der Waals surface area contributed by atoms with E-state index in [1.54, 1.807) is 12.5 Å². The number of rotatable bonds is 2. The van der Waals surface area contributed by atoms with Crippen molar-refractivity contribution in [2.24, 2.45) is 0 Å². The van der Waals surface area contributed by atoms with Crippen molar-refractivity contribution in [3.63, 3.8) is 0 Å². The van der Waals surface area contributed by atoms with Crippen LogP contribution in [-0.2, 0) is 0 Å². The van der Waals surface area contributed by atoms with E-state index in [0.717, 1.165) is 36.5 Å². The number of anilines is 1. The van der Waals surface area contributed by atoms with Crippen molar-refractivity contribution >= 4 is 17.4 Å². The summed E-state index contributed by atoms with van der Waals surface area (Å²) in [6.07, 6.45) is 9.06. The fourth-order valence-electron chi connectivity index (χ4n) is 3.94. The first-order valence-electron chi connectivity index (χ1n) is 8.03. The zero-order chi connectivity index (χ0) is 16.0. The molecule has 3 heterocycles. The second kappa shape index (κ2) is 5.50. The lowest BCUT2D eigenvalue weighted by molar-refractivity contribution is 0.478. The number of halogens is 1. The predicted octanol–water partition coefficient (Wildman–Crippen LogP) is 3.40. The van der Waals surface area contributed by atoms with E-state index in [0.29, 0.717) is 11.7 Å². The maximum Gasteiger partial charge on any atom is 0.224 e. The van der Waals surface area contributed by atoms with Gasteiger partial charge in [-0.1, -0.05) is 19.8 Å². The molecule has 6 nitrogen and oxygen atoms in total. The van der Waals surface area contributed by atoms with Crippen molar-refractivity contribution < 1.29 is 0 Å². The van der Waals surface area contributed by atoms with Crippen molar-refractivity contribution in [1.82, 2.24) is 19.5 Å². The highest BCUT2D eigenvalue weighted by molar-refractivity contribution is 6.28. The van der Waals surface area contributed by atoms with Crippen LogP contribution >= 0.6 is 11.6 Å². The average Bonchev–Trinajstić information content (AvgIpc) is 3.22. The zero-order valence-corrected chi connectivity index (χ0v) is 13.7. The third-order valence-electron chi connectivity index (χ3n) is 4.89. The molecule has 1 fully saturated rings. The topological polar surface area (TPSA) is 70.6 Å². The Bertz CT molecular complexity index is 786. The van der Waals surface area contributed by atoms with Gasteiger partial charge >= 0.3 is 0 Å². The molecule has 7 heteroatoms. The highest BCUT2D eigenvalue weighted by Gasteiger charge is 2.39. The normalized spacial score (nSPS) is 20.2. The fraction of sp³-hybridized carbons (Fsp3) is 0.500. The van der Waals surface area contributed by atoms with Gasteiger partial charge in [-0.25, -0.2) is 9.97 Å². The Morgan fingerprint density at radius 2 is 2.13 bits per heavy atom. The molecule has 0 spiro atoms. The van der Waals surface area contributed by atoms with Crippen LogP contribution in [0.1, 0.15) is 56.5 Å². The van der Waals surface area contributed by atoms with E-state index in [1.165, 1.54) is 12.8 Å². The molecule has 0 amide bonds. The zero-order valence-electron chi connectivity index (χ0n) is 12.9. The largest absolute Gasteiger partial charge is 0.343 e.